The Morgan fingerprint density at radius 2 is 1.83 bits per heavy atom. The predicted octanol–water partition coefficient (Wildman–Crippen LogP) is 2.68. The first-order chi connectivity index (χ1) is 11.3. The number of carbonyl (C=O) groups excluding carboxylic acids is 1. The molecule has 1 aromatic carbocycles. The van der Waals surface area contributed by atoms with Crippen LogP contribution in [0.15, 0.2) is 17.0 Å². The molecule has 1 heterocycles. The number of benzene rings is 1. The fraction of sp³-hybridized carbons (Fsp3) is 0.611. The van der Waals surface area contributed by atoms with Crippen LogP contribution < -0.4 is 4.72 Å². The van der Waals surface area contributed by atoms with Crippen molar-refractivity contribution in [3.05, 3.63) is 28.8 Å². The molecule has 1 N–H and O–H groups in total. The molecule has 134 valence electrons. The van der Waals surface area contributed by atoms with Gasteiger partial charge in [-0.05, 0) is 57.6 Å². The lowest BCUT2D eigenvalue weighted by Gasteiger charge is -2.35. The first-order valence-corrected chi connectivity index (χ1v) is 10.1. The summed E-state index contributed by atoms with van der Waals surface area (Å²) in [6.45, 7) is 8.13. The van der Waals surface area contributed by atoms with Gasteiger partial charge in [-0.25, -0.2) is 13.1 Å². The molecule has 0 aromatic heterocycles. The number of aryl methyl sites for hydroxylation is 3. The van der Waals surface area contributed by atoms with Crippen LogP contribution >= 0.6 is 0 Å². The van der Waals surface area contributed by atoms with Gasteiger partial charge in [-0.2, -0.15) is 0 Å². The third kappa shape index (κ3) is 4.16. The van der Waals surface area contributed by atoms with Gasteiger partial charge in [0.25, 0.3) is 0 Å². The number of nitrogens with one attached hydrogen (secondary N) is 1. The van der Waals surface area contributed by atoms with E-state index < -0.39 is 10.0 Å². The molecule has 0 spiro atoms. The van der Waals surface area contributed by atoms with E-state index in [1.54, 1.807) is 13.8 Å². The molecular formula is C18H28N2O3S. The summed E-state index contributed by atoms with van der Waals surface area (Å²) in [5, 5.41) is 0. The number of amides is 1. The number of nitrogens with zero attached hydrogens (tertiary/aromatic N) is 1. The third-order valence-electron chi connectivity index (χ3n) is 4.71. The highest BCUT2D eigenvalue weighted by atomic mass is 32.2. The van der Waals surface area contributed by atoms with E-state index in [0.29, 0.717) is 11.1 Å². The third-order valence-corrected chi connectivity index (χ3v) is 6.41. The van der Waals surface area contributed by atoms with Crippen molar-refractivity contribution in [1.82, 2.24) is 9.62 Å². The Hall–Kier alpha value is -1.40. The van der Waals surface area contributed by atoms with Crippen molar-refractivity contribution in [2.45, 2.75) is 64.3 Å². The van der Waals surface area contributed by atoms with E-state index in [1.165, 1.54) is 0 Å². The summed E-state index contributed by atoms with van der Waals surface area (Å²) >= 11 is 0. The lowest BCUT2D eigenvalue weighted by molar-refractivity contribution is -0.133. The van der Waals surface area contributed by atoms with Crippen molar-refractivity contribution in [2.24, 2.45) is 0 Å². The van der Waals surface area contributed by atoms with E-state index in [-0.39, 0.29) is 23.4 Å². The molecule has 1 unspecified atom stereocenters. The monoisotopic (exact) mass is 352 g/mol. The minimum atomic E-state index is -3.69. The molecule has 1 atom stereocenters. The molecule has 0 saturated carbocycles. The van der Waals surface area contributed by atoms with Crippen LogP contribution in [0, 0.1) is 20.8 Å². The van der Waals surface area contributed by atoms with Gasteiger partial charge in [0.05, 0.1) is 11.4 Å². The summed E-state index contributed by atoms with van der Waals surface area (Å²) in [5.41, 5.74) is 2.44. The van der Waals surface area contributed by atoms with Gasteiger partial charge >= 0.3 is 0 Å². The first-order valence-electron chi connectivity index (χ1n) is 8.63. The standard InChI is InChI=1S/C18H28N2O3S/c1-5-16-8-6-7-9-20(16)17(21)12-19-24(22,23)18-14(3)10-13(2)11-15(18)4/h10-11,16,19H,5-9,12H2,1-4H3. The predicted molar refractivity (Wildman–Crippen MR) is 95.5 cm³/mol. The van der Waals surface area contributed by atoms with Crippen LogP contribution in [-0.4, -0.2) is 38.4 Å². The lowest BCUT2D eigenvalue weighted by Crippen LogP contribution is -2.47. The topological polar surface area (TPSA) is 66.5 Å². The van der Waals surface area contributed by atoms with Crippen LogP contribution in [0.3, 0.4) is 0 Å². The maximum absolute atomic E-state index is 12.6. The Kier molecular flexibility index (Phi) is 6.04. The van der Waals surface area contributed by atoms with E-state index >= 15 is 0 Å². The van der Waals surface area contributed by atoms with Crippen molar-refractivity contribution >= 4 is 15.9 Å². The van der Waals surface area contributed by atoms with Gasteiger partial charge < -0.3 is 4.90 Å². The molecule has 24 heavy (non-hydrogen) atoms. The van der Waals surface area contributed by atoms with Gasteiger partial charge in [0.15, 0.2) is 0 Å². The Morgan fingerprint density at radius 1 is 1.21 bits per heavy atom. The van der Waals surface area contributed by atoms with E-state index in [1.807, 2.05) is 24.0 Å². The SMILES string of the molecule is CCC1CCCCN1C(=O)CNS(=O)(=O)c1c(C)cc(C)cc1C. The van der Waals surface area contributed by atoms with Crippen molar-refractivity contribution in [2.75, 3.05) is 13.1 Å². The van der Waals surface area contributed by atoms with E-state index in [2.05, 4.69) is 11.6 Å². The highest BCUT2D eigenvalue weighted by Gasteiger charge is 2.27. The number of hydrogen-bond acceptors (Lipinski definition) is 3. The normalized spacial score (nSPS) is 18.7. The Bertz CT molecular complexity index is 690. The van der Waals surface area contributed by atoms with Gasteiger partial charge in [0, 0.05) is 12.6 Å². The van der Waals surface area contributed by atoms with Gasteiger partial charge in [-0.3, -0.25) is 4.79 Å². The van der Waals surface area contributed by atoms with Crippen LogP contribution in [0.1, 0.15) is 49.3 Å². The van der Waals surface area contributed by atoms with Gasteiger partial charge in [0.2, 0.25) is 15.9 Å². The molecule has 2 rings (SSSR count). The molecule has 1 aliphatic rings. The van der Waals surface area contributed by atoms with Gasteiger partial charge in [-0.1, -0.05) is 24.6 Å². The number of carbonyl (C=O) groups is 1. The van der Waals surface area contributed by atoms with E-state index in [0.717, 1.165) is 37.8 Å². The quantitative estimate of drug-likeness (QED) is 0.886. The first kappa shape index (κ1) is 18.9. The molecule has 1 saturated heterocycles. The molecule has 1 amide bonds. The van der Waals surface area contributed by atoms with Gasteiger partial charge in [0.1, 0.15) is 0 Å². The molecule has 1 fully saturated rings. The largest absolute Gasteiger partial charge is 0.339 e. The summed E-state index contributed by atoms with van der Waals surface area (Å²) in [4.78, 5) is 14.6. The Labute approximate surface area is 145 Å². The summed E-state index contributed by atoms with van der Waals surface area (Å²) in [6.07, 6.45) is 4.04. The van der Waals surface area contributed by atoms with Crippen LogP contribution in [-0.2, 0) is 14.8 Å². The number of likely N-dealkylation sites (tertiary alicyclic amines) is 1. The average Bonchev–Trinajstić information content (AvgIpc) is 2.51. The number of piperidine rings is 1. The number of rotatable bonds is 5. The zero-order valence-corrected chi connectivity index (χ0v) is 15.9. The molecule has 1 aliphatic heterocycles. The summed E-state index contributed by atoms with van der Waals surface area (Å²) in [7, 11) is -3.69. The molecule has 6 heteroatoms. The fourth-order valence-corrected chi connectivity index (χ4v) is 5.10. The highest BCUT2D eigenvalue weighted by molar-refractivity contribution is 7.89. The lowest BCUT2D eigenvalue weighted by atomic mass is 10.00. The van der Waals surface area contributed by atoms with Gasteiger partial charge in [-0.15, -0.1) is 0 Å². The van der Waals surface area contributed by atoms with E-state index in [9.17, 15) is 13.2 Å². The molecule has 1 aromatic rings. The summed E-state index contributed by atoms with van der Waals surface area (Å²) in [5.74, 6) is -0.132. The number of sulfonamides is 1. The smallest absolute Gasteiger partial charge is 0.241 e. The van der Waals surface area contributed by atoms with Crippen molar-refractivity contribution in [1.29, 1.82) is 0 Å². The van der Waals surface area contributed by atoms with Crippen molar-refractivity contribution in [3.8, 4) is 0 Å². The second-order valence-electron chi connectivity index (χ2n) is 6.70. The molecule has 5 nitrogen and oxygen atoms in total. The molecule has 0 radical (unpaired) electrons. The Balaban J connectivity index is 2.12. The molecule has 0 aliphatic carbocycles. The second kappa shape index (κ2) is 7.66. The highest BCUT2D eigenvalue weighted by Crippen LogP contribution is 2.22. The number of hydrogen-bond donors (Lipinski definition) is 1. The molecular weight excluding hydrogens is 324 g/mol. The zero-order valence-electron chi connectivity index (χ0n) is 15.1. The van der Waals surface area contributed by atoms with Crippen molar-refractivity contribution in [3.63, 3.8) is 0 Å². The van der Waals surface area contributed by atoms with E-state index in [4.69, 9.17) is 0 Å². The van der Waals surface area contributed by atoms with Crippen LogP contribution in [0.25, 0.3) is 0 Å². The Morgan fingerprint density at radius 3 is 2.42 bits per heavy atom. The van der Waals surface area contributed by atoms with Crippen molar-refractivity contribution < 1.29 is 13.2 Å². The van der Waals surface area contributed by atoms with Crippen LogP contribution in [0.5, 0.6) is 0 Å². The minimum Gasteiger partial charge on any atom is -0.339 e. The average molecular weight is 353 g/mol. The maximum atomic E-state index is 12.6. The summed E-state index contributed by atoms with van der Waals surface area (Å²) in [6, 6.07) is 3.93. The molecule has 0 bridgehead atoms. The summed E-state index contributed by atoms with van der Waals surface area (Å²) < 4.78 is 27.8. The fourth-order valence-electron chi connectivity index (χ4n) is 3.67. The zero-order chi connectivity index (χ0) is 17.9. The van der Waals surface area contributed by atoms with Crippen LogP contribution in [0.2, 0.25) is 0 Å². The maximum Gasteiger partial charge on any atom is 0.241 e. The second-order valence-corrected chi connectivity index (χ2v) is 8.40. The van der Waals surface area contributed by atoms with Crippen LogP contribution in [0.4, 0.5) is 0 Å². The minimum absolute atomic E-state index is 0.132.